The molecule has 0 heterocycles. The van der Waals surface area contributed by atoms with Crippen LogP contribution in [0, 0.1) is 17.6 Å². The Morgan fingerprint density at radius 2 is 2.09 bits per heavy atom. The molecule has 1 aliphatic rings. The van der Waals surface area contributed by atoms with Crippen LogP contribution in [0.15, 0.2) is 23.2 Å². The molecule has 2 unspecified atom stereocenters. The number of rotatable bonds is 6. The van der Waals surface area contributed by atoms with Gasteiger partial charge in [-0.15, -0.1) is 24.0 Å². The maximum Gasteiger partial charge on any atom is 0.191 e. The molecule has 1 aliphatic carbocycles. The number of benzene rings is 1. The van der Waals surface area contributed by atoms with Crippen LogP contribution < -0.4 is 15.4 Å². The first kappa shape index (κ1) is 18.9. The van der Waals surface area contributed by atoms with E-state index in [1.807, 2.05) is 6.92 Å². The van der Waals surface area contributed by atoms with E-state index < -0.39 is 11.6 Å². The van der Waals surface area contributed by atoms with E-state index in [-0.39, 0.29) is 24.0 Å². The van der Waals surface area contributed by atoms with Gasteiger partial charge in [-0.1, -0.05) is 6.92 Å². The lowest BCUT2D eigenvalue weighted by molar-refractivity contribution is 0.325. The maximum absolute atomic E-state index is 13.0. The van der Waals surface area contributed by atoms with E-state index in [0.717, 1.165) is 31.1 Å². The smallest absolute Gasteiger partial charge is 0.191 e. The second-order valence-corrected chi connectivity index (χ2v) is 5.15. The van der Waals surface area contributed by atoms with Gasteiger partial charge in [-0.25, -0.2) is 13.8 Å². The summed E-state index contributed by atoms with van der Waals surface area (Å²) in [6, 6.07) is 3.98. The van der Waals surface area contributed by atoms with Gasteiger partial charge in [-0.2, -0.15) is 0 Å². The van der Waals surface area contributed by atoms with E-state index in [1.165, 1.54) is 6.07 Å². The standard InChI is InChI=1S/C15H21F2N3O.HI/c1-3-18-15(20-14-8-10(14)2)19-6-7-21-11-4-5-12(16)13(17)9-11;/h4-5,9-10,14H,3,6-8H2,1-2H3,(H2,18,19,20);1H. The van der Waals surface area contributed by atoms with Crippen molar-refractivity contribution in [1.82, 2.24) is 10.6 Å². The fourth-order valence-corrected chi connectivity index (χ4v) is 1.91. The minimum absolute atomic E-state index is 0. The summed E-state index contributed by atoms with van der Waals surface area (Å²) >= 11 is 0. The Morgan fingerprint density at radius 3 is 2.68 bits per heavy atom. The Morgan fingerprint density at radius 1 is 1.36 bits per heavy atom. The first-order chi connectivity index (χ1) is 10.1. The van der Waals surface area contributed by atoms with Crippen molar-refractivity contribution in [2.45, 2.75) is 26.3 Å². The highest BCUT2D eigenvalue weighted by molar-refractivity contribution is 14.0. The van der Waals surface area contributed by atoms with Crippen molar-refractivity contribution in [3.05, 3.63) is 29.8 Å². The van der Waals surface area contributed by atoms with Crippen molar-refractivity contribution >= 4 is 29.9 Å². The normalized spacial score (nSPS) is 20.1. The van der Waals surface area contributed by atoms with E-state index in [9.17, 15) is 8.78 Å². The molecule has 0 aromatic heterocycles. The first-order valence-corrected chi connectivity index (χ1v) is 7.23. The van der Waals surface area contributed by atoms with Crippen LogP contribution in [0.25, 0.3) is 0 Å². The highest BCUT2D eigenvalue weighted by Crippen LogP contribution is 2.28. The zero-order valence-corrected chi connectivity index (χ0v) is 15.1. The lowest BCUT2D eigenvalue weighted by Gasteiger charge is -2.11. The minimum atomic E-state index is -0.909. The zero-order valence-electron chi connectivity index (χ0n) is 12.7. The molecule has 0 spiro atoms. The number of hydrogen-bond donors (Lipinski definition) is 2. The third-order valence-electron chi connectivity index (χ3n) is 3.30. The van der Waals surface area contributed by atoms with Gasteiger partial charge in [-0.3, -0.25) is 0 Å². The molecular weight excluding hydrogens is 403 g/mol. The van der Waals surface area contributed by atoms with Gasteiger partial charge < -0.3 is 15.4 Å². The van der Waals surface area contributed by atoms with E-state index >= 15 is 0 Å². The topological polar surface area (TPSA) is 45.7 Å². The Kier molecular flexibility index (Phi) is 7.84. The van der Waals surface area contributed by atoms with Gasteiger partial charge in [0.05, 0.1) is 6.54 Å². The lowest BCUT2D eigenvalue weighted by atomic mass is 10.3. The first-order valence-electron chi connectivity index (χ1n) is 7.23. The second kappa shape index (κ2) is 9.12. The Bertz CT molecular complexity index is 514. The molecule has 4 nitrogen and oxygen atoms in total. The van der Waals surface area contributed by atoms with Crippen molar-refractivity contribution in [3.8, 4) is 5.75 Å². The molecule has 1 fully saturated rings. The molecule has 2 N–H and O–H groups in total. The Hall–Kier alpha value is -1.12. The summed E-state index contributed by atoms with van der Waals surface area (Å²) in [7, 11) is 0. The van der Waals surface area contributed by atoms with E-state index in [4.69, 9.17) is 4.74 Å². The van der Waals surface area contributed by atoms with Crippen LogP contribution in [-0.2, 0) is 0 Å². The maximum atomic E-state index is 13.0. The SMILES string of the molecule is CCNC(=NCCOc1ccc(F)c(F)c1)NC1CC1C.I. The number of guanidine groups is 1. The summed E-state index contributed by atoms with van der Waals surface area (Å²) in [6.45, 7) is 5.73. The molecule has 0 bridgehead atoms. The lowest BCUT2D eigenvalue weighted by Crippen LogP contribution is -2.39. The summed E-state index contributed by atoms with van der Waals surface area (Å²) in [5.41, 5.74) is 0. The van der Waals surface area contributed by atoms with Gasteiger partial charge in [0.15, 0.2) is 17.6 Å². The number of halogens is 3. The summed E-state index contributed by atoms with van der Waals surface area (Å²) in [6.07, 6.45) is 1.16. The summed E-state index contributed by atoms with van der Waals surface area (Å²) in [5.74, 6) is -0.0304. The van der Waals surface area contributed by atoms with Gasteiger partial charge in [0.1, 0.15) is 12.4 Å². The van der Waals surface area contributed by atoms with Crippen LogP contribution in [0.4, 0.5) is 8.78 Å². The number of nitrogens with zero attached hydrogens (tertiary/aromatic N) is 1. The molecule has 22 heavy (non-hydrogen) atoms. The number of hydrogen-bond acceptors (Lipinski definition) is 2. The van der Waals surface area contributed by atoms with Gasteiger partial charge in [-0.05, 0) is 31.4 Å². The van der Waals surface area contributed by atoms with Crippen molar-refractivity contribution in [3.63, 3.8) is 0 Å². The molecule has 1 saturated carbocycles. The van der Waals surface area contributed by atoms with Crippen LogP contribution in [0.1, 0.15) is 20.3 Å². The van der Waals surface area contributed by atoms with E-state index in [0.29, 0.717) is 30.9 Å². The molecule has 2 rings (SSSR count). The molecule has 7 heteroatoms. The number of nitrogens with one attached hydrogen (secondary N) is 2. The molecule has 2 atom stereocenters. The minimum Gasteiger partial charge on any atom is -0.492 e. The fraction of sp³-hybridized carbons (Fsp3) is 0.533. The Balaban J connectivity index is 0.00000242. The summed E-state index contributed by atoms with van der Waals surface area (Å²) < 4.78 is 31.1. The van der Waals surface area contributed by atoms with Gasteiger partial charge in [0.25, 0.3) is 0 Å². The molecule has 0 radical (unpaired) electrons. The predicted molar refractivity (Wildman–Crippen MR) is 94.0 cm³/mol. The molecule has 0 aliphatic heterocycles. The van der Waals surface area contributed by atoms with Crippen LogP contribution in [0.2, 0.25) is 0 Å². The van der Waals surface area contributed by atoms with Crippen LogP contribution in [0.3, 0.4) is 0 Å². The average molecular weight is 425 g/mol. The molecule has 0 amide bonds. The highest BCUT2D eigenvalue weighted by atomic mass is 127. The van der Waals surface area contributed by atoms with Crippen molar-refractivity contribution in [1.29, 1.82) is 0 Å². The number of ether oxygens (including phenoxy) is 1. The molecule has 1 aromatic carbocycles. The Labute approximate surface area is 146 Å². The van der Waals surface area contributed by atoms with Gasteiger partial charge in [0, 0.05) is 18.7 Å². The molecule has 1 aromatic rings. The monoisotopic (exact) mass is 425 g/mol. The van der Waals surface area contributed by atoms with E-state index in [1.54, 1.807) is 0 Å². The zero-order chi connectivity index (χ0) is 15.2. The quantitative estimate of drug-likeness (QED) is 0.319. The van der Waals surface area contributed by atoms with E-state index in [2.05, 4.69) is 22.5 Å². The predicted octanol–water partition coefficient (Wildman–Crippen LogP) is 2.93. The third-order valence-corrected chi connectivity index (χ3v) is 3.30. The summed E-state index contributed by atoms with van der Waals surface area (Å²) in [4.78, 5) is 4.38. The third kappa shape index (κ3) is 5.94. The van der Waals surface area contributed by atoms with Gasteiger partial charge in [0.2, 0.25) is 0 Å². The number of aliphatic imine (C=N–C) groups is 1. The van der Waals surface area contributed by atoms with Gasteiger partial charge >= 0.3 is 0 Å². The average Bonchev–Trinajstić information content (AvgIpc) is 3.14. The fourth-order valence-electron chi connectivity index (χ4n) is 1.91. The second-order valence-electron chi connectivity index (χ2n) is 5.15. The van der Waals surface area contributed by atoms with Crippen LogP contribution >= 0.6 is 24.0 Å². The largest absolute Gasteiger partial charge is 0.492 e. The molecule has 0 saturated heterocycles. The van der Waals surface area contributed by atoms with Crippen molar-refractivity contribution in [2.24, 2.45) is 10.9 Å². The molecule has 124 valence electrons. The van der Waals surface area contributed by atoms with Crippen LogP contribution in [-0.4, -0.2) is 31.7 Å². The van der Waals surface area contributed by atoms with Crippen molar-refractivity contribution in [2.75, 3.05) is 19.7 Å². The van der Waals surface area contributed by atoms with Crippen molar-refractivity contribution < 1.29 is 13.5 Å². The summed E-state index contributed by atoms with van der Waals surface area (Å²) in [5, 5.41) is 6.49. The van der Waals surface area contributed by atoms with Crippen LogP contribution in [0.5, 0.6) is 5.75 Å². The molecular formula is C15H22F2IN3O. The highest BCUT2D eigenvalue weighted by Gasteiger charge is 2.33.